The molecule has 0 saturated carbocycles. The molecule has 16 heavy (non-hydrogen) atoms. The van der Waals surface area contributed by atoms with Crippen molar-refractivity contribution in [2.45, 2.75) is 38.8 Å². The zero-order valence-corrected chi connectivity index (χ0v) is 10.7. The molecule has 1 N–H and O–H groups in total. The molecule has 0 spiro atoms. The van der Waals surface area contributed by atoms with Gasteiger partial charge in [-0.15, -0.1) is 0 Å². The molecule has 0 fully saturated rings. The maximum atomic E-state index is 5.14. The molecule has 0 aliphatic rings. The highest BCUT2D eigenvalue weighted by atomic mass is 16.5. The Labute approximate surface area is 98.0 Å². The number of rotatable bonds is 7. The van der Waals surface area contributed by atoms with Gasteiger partial charge >= 0.3 is 0 Å². The van der Waals surface area contributed by atoms with E-state index in [1.807, 2.05) is 17.9 Å². The van der Waals surface area contributed by atoms with E-state index in [9.17, 15) is 0 Å². The first kappa shape index (κ1) is 13.2. The van der Waals surface area contributed by atoms with Gasteiger partial charge in [-0.05, 0) is 39.8 Å². The van der Waals surface area contributed by atoms with Crippen LogP contribution in [0.1, 0.15) is 32.0 Å². The lowest BCUT2D eigenvalue weighted by Gasteiger charge is -2.13. The van der Waals surface area contributed by atoms with Crippen LogP contribution in [-0.4, -0.2) is 36.6 Å². The molecular formula is C12H23N3O. The Morgan fingerprint density at radius 3 is 2.75 bits per heavy atom. The molecule has 1 aromatic heterocycles. The lowest BCUT2D eigenvalue weighted by molar-refractivity contribution is 0.166. The van der Waals surface area contributed by atoms with E-state index in [4.69, 9.17) is 4.74 Å². The third-order valence-electron chi connectivity index (χ3n) is 2.72. The Kier molecular flexibility index (Phi) is 5.49. The second kappa shape index (κ2) is 6.66. The van der Waals surface area contributed by atoms with Gasteiger partial charge in [0.25, 0.3) is 0 Å². The second-order valence-corrected chi connectivity index (χ2v) is 4.36. The SMILES string of the molecule is CNC(CCc1ccn(C(C)C)n1)COC. The van der Waals surface area contributed by atoms with E-state index in [2.05, 4.69) is 30.3 Å². The molecule has 1 atom stereocenters. The van der Waals surface area contributed by atoms with E-state index in [0.717, 1.165) is 25.1 Å². The van der Waals surface area contributed by atoms with Gasteiger partial charge in [-0.3, -0.25) is 4.68 Å². The molecule has 0 aliphatic carbocycles. The summed E-state index contributed by atoms with van der Waals surface area (Å²) in [4.78, 5) is 0. The first-order valence-corrected chi connectivity index (χ1v) is 5.87. The van der Waals surface area contributed by atoms with Gasteiger partial charge in [0.1, 0.15) is 0 Å². The van der Waals surface area contributed by atoms with Crippen molar-refractivity contribution < 1.29 is 4.74 Å². The quantitative estimate of drug-likeness (QED) is 0.766. The predicted octanol–water partition coefficient (Wildman–Crippen LogP) is 1.63. The minimum Gasteiger partial charge on any atom is -0.383 e. The Morgan fingerprint density at radius 2 is 2.25 bits per heavy atom. The fourth-order valence-corrected chi connectivity index (χ4v) is 1.63. The summed E-state index contributed by atoms with van der Waals surface area (Å²) in [5.74, 6) is 0. The zero-order chi connectivity index (χ0) is 12.0. The molecule has 1 aromatic rings. The monoisotopic (exact) mass is 225 g/mol. The number of hydrogen-bond acceptors (Lipinski definition) is 3. The fourth-order valence-electron chi connectivity index (χ4n) is 1.63. The van der Waals surface area contributed by atoms with E-state index in [0.29, 0.717) is 12.1 Å². The second-order valence-electron chi connectivity index (χ2n) is 4.36. The molecule has 0 amide bonds. The molecule has 1 rings (SSSR count). The minimum absolute atomic E-state index is 0.411. The zero-order valence-electron chi connectivity index (χ0n) is 10.7. The molecule has 4 heteroatoms. The molecule has 0 radical (unpaired) electrons. The van der Waals surface area contributed by atoms with E-state index >= 15 is 0 Å². The van der Waals surface area contributed by atoms with E-state index in [-0.39, 0.29) is 0 Å². The predicted molar refractivity (Wildman–Crippen MR) is 65.7 cm³/mol. The molecule has 1 heterocycles. The molecule has 0 bridgehead atoms. The molecule has 92 valence electrons. The standard InChI is InChI=1S/C12H23N3O/c1-10(2)15-8-7-11(14-15)5-6-12(13-3)9-16-4/h7-8,10,12-13H,5-6,9H2,1-4H3. The maximum Gasteiger partial charge on any atom is 0.0625 e. The number of likely N-dealkylation sites (N-methyl/N-ethyl adjacent to an activating group) is 1. The summed E-state index contributed by atoms with van der Waals surface area (Å²) in [7, 11) is 3.70. The molecule has 4 nitrogen and oxygen atoms in total. The molecule has 0 aliphatic heterocycles. The third kappa shape index (κ3) is 3.94. The van der Waals surface area contributed by atoms with E-state index in [1.54, 1.807) is 7.11 Å². The van der Waals surface area contributed by atoms with E-state index < -0.39 is 0 Å². The number of nitrogens with one attached hydrogen (secondary N) is 1. The number of ether oxygens (including phenoxy) is 1. The van der Waals surface area contributed by atoms with Gasteiger partial charge in [-0.2, -0.15) is 5.10 Å². The van der Waals surface area contributed by atoms with E-state index in [1.165, 1.54) is 0 Å². The van der Waals surface area contributed by atoms with Gasteiger partial charge in [0.2, 0.25) is 0 Å². The van der Waals surface area contributed by atoms with Gasteiger partial charge in [-0.25, -0.2) is 0 Å². The van der Waals surface area contributed by atoms with Gasteiger partial charge in [0.05, 0.1) is 12.3 Å². The Morgan fingerprint density at radius 1 is 1.50 bits per heavy atom. The maximum absolute atomic E-state index is 5.14. The first-order valence-electron chi connectivity index (χ1n) is 5.87. The number of nitrogens with zero attached hydrogens (tertiary/aromatic N) is 2. The summed E-state index contributed by atoms with van der Waals surface area (Å²) >= 11 is 0. The largest absolute Gasteiger partial charge is 0.383 e. The van der Waals surface area contributed by atoms with Crippen LogP contribution in [0.25, 0.3) is 0 Å². The molecule has 1 unspecified atom stereocenters. The van der Waals surface area contributed by atoms with Crippen LogP contribution >= 0.6 is 0 Å². The van der Waals surface area contributed by atoms with Crippen LogP contribution in [0.2, 0.25) is 0 Å². The summed E-state index contributed by atoms with van der Waals surface area (Å²) in [5.41, 5.74) is 1.16. The fraction of sp³-hybridized carbons (Fsp3) is 0.750. The van der Waals surface area contributed by atoms with Crippen molar-refractivity contribution in [1.29, 1.82) is 0 Å². The topological polar surface area (TPSA) is 39.1 Å². The number of hydrogen-bond donors (Lipinski definition) is 1. The summed E-state index contributed by atoms with van der Waals surface area (Å²) in [5, 5.41) is 7.77. The highest BCUT2D eigenvalue weighted by molar-refractivity contribution is 5.00. The smallest absolute Gasteiger partial charge is 0.0625 e. The van der Waals surface area contributed by atoms with Crippen molar-refractivity contribution in [1.82, 2.24) is 15.1 Å². The highest BCUT2D eigenvalue weighted by Crippen LogP contribution is 2.07. The van der Waals surface area contributed by atoms with Crippen LogP contribution in [0.15, 0.2) is 12.3 Å². The Balaban J connectivity index is 2.41. The highest BCUT2D eigenvalue weighted by Gasteiger charge is 2.07. The molecule has 0 aromatic carbocycles. The Bertz CT molecular complexity index is 296. The minimum atomic E-state index is 0.411. The average molecular weight is 225 g/mol. The van der Waals surface area contributed by atoms with Crippen molar-refractivity contribution in [3.05, 3.63) is 18.0 Å². The molecular weight excluding hydrogens is 202 g/mol. The van der Waals surface area contributed by atoms with Crippen LogP contribution in [0.5, 0.6) is 0 Å². The van der Waals surface area contributed by atoms with Crippen molar-refractivity contribution >= 4 is 0 Å². The summed E-state index contributed by atoms with van der Waals surface area (Å²) < 4.78 is 7.14. The summed E-state index contributed by atoms with van der Waals surface area (Å²) in [6.45, 7) is 5.03. The Hall–Kier alpha value is -0.870. The van der Waals surface area contributed by atoms with Gasteiger partial charge < -0.3 is 10.1 Å². The number of aromatic nitrogens is 2. The van der Waals surface area contributed by atoms with Crippen LogP contribution in [0.3, 0.4) is 0 Å². The van der Waals surface area contributed by atoms with Gasteiger partial charge in [0, 0.05) is 25.4 Å². The average Bonchev–Trinajstić information content (AvgIpc) is 2.73. The molecule has 0 saturated heterocycles. The van der Waals surface area contributed by atoms with Crippen molar-refractivity contribution in [3.8, 4) is 0 Å². The summed E-state index contributed by atoms with van der Waals surface area (Å²) in [6.07, 6.45) is 4.10. The third-order valence-corrected chi connectivity index (χ3v) is 2.72. The van der Waals surface area contributed by atoms with Crippen LogP contribution in [0, 0.1) is 0 Å². The van der Waals surface area contributed by atoms with Crippen molar-refractivity contribution in [2.24, 2.45) is 0 Å². The normalized spacial score (nSPS) is 13.3. The first-order chi connectivity index (χ1) is 7.67. The van der Waals surface area contributed by atoms with Crippen LogP contribution in [0.4, 0.5) is 0 Å². The van der Waals surface area contributed by atoms with Crippen molar-refractivity contribution in [3.63, 3.8) is 0 Å². The van der Waals surface area contributed by atoms with Gasteiger partial charge in [0.15, 0.2) is 0 Å². The number of methoxy groups -OCH3 is 1. The van der Waals surface area contributed by atoms with Gasteiger partial charge in [-0.1, -0.05) is 0 Å². The van der Waals surface area contributed by atoms with Crippen LogP contribution < -0.4 is 5.32 Å². The number of aryl methyl sites for hydroxylation is 1. The van der Waals surface area contributed by atoms with Crippen LogP contribution in [-0.2, 0) is 11.2 Å². The summed E-state index contributed by atoms with van der Waals surface area (Å²) in [6, 6.07) is 2.95. The lowest BCUT2D eigenvalue weighted by Crippen LogP contribution is -2.30. The lowest BCUT2D eigenvalue weighted by atomic mass is 10.1. The van der Waals surface area contributed by atoms with Crippen molar-refractivity contribution in [2.75, 3.05) is 20.8 Å².